The molecule has 8 heteroatoms. The molecular weight excluding hydrogens is 316 g/mol. The second-order valence-electron chi connectivity index (χ2n) is 5.28. The smallest absolute Gasteiger partial charge is 0.387 e. The highest BCUT2D eigenvalue weighted by atomic mass is 32.2. The molecule has 1 aromatic rings. The first-order valence-corrected chi connectivity index (χ1v) is 8.64. The van der Waals surface area contributed by atoms with Crippen molar-refractivity contribution in [3.05, 3.63) is 29.8 Å². The van der Waals surface area contributed by atoms with Gasteiger partial charge in [0, 0.05) is 0 Å². The molecule has 0 bridgehead atoms. The van der Waals surface area contributed by atoms with Crippen LogP contribution in [0, 0.1) is 5.92 Å². The summed E-state index contributed by atoms with van der Waals surface area (Å²) in [5.41, 5.74) is 0.718. The van der Waals surface area contributed by atoms with Crippen molar-refractivity contribution in [3.63, 3.8) is 0 Å². The van der Waals surface area contributed by atoms with Crippen LogP contribution in [0.1, 0.15) is 24.9 Å². The number of amides is 1. The molecule has 0 radical (unpaired) electrons. The summed E-state index contributed by atoms with van der Waals surface area (Å²) in [5.74, 6) is -0.860. The van der Waals surface area contributed by atoms with Crippen molar-refractivity contribution in [3.8, 4) is 5.75 Å². The van der Waals surface area contributed by atoms with E-state index in [9.17, 15) is 22.0 Å². The predicted molar refractivity (Wildman–Crippen MR) is 76.4 cm³/mol. The summed E-state index contributed by atoms with van der Waals surface area (Å²) in [6, 6.07) is 5.59. The zero-order valence-corrected chi connectivity index (χ0v) is 12.8. The van der Waals surface area contributed by atoms with Crippen LogP contribution in [0.4, 0.5) is 8.78 Å². The van der Waals surface area contributed by atoms with Crippen molar-refractivity contribution in [2.45, 2.75) is 26.0 Å². The van der Waals surface area contributed by atoms with Gasteiger partial charge < -0.3 is 10.1 Å². The number of nitrogens with one attached hydrogen (secondary N) is 1. The average molecular weight is 333 g/mol. The van der Waals surface area contributed by atoms with E-state index in [2.05, 4.69) is 10.1 Å². The maximum absolute atomic E-state index is 12.1. The molecule has 122 valence electrons. The molecule has 5 nitrogen and oxygen atoms in total. The van der Waals surface area contributed by atoms with E-state index in [1.807, 2.05) is 0 Å². The molecule has 2 rings (SSSR count). The van der Waals surface area contributed by atoms with Gasteiger partial charge in [-0.05, 0) is 31.0 Å². The lowest BCUT2D eigenvalue weighted by atomic mass is 10.1. The Morgan fingerprint density at radius 3 is 2.45 bits per heavy atom. The molecule has 0 saturated carbocycles. The van der Waals surface area contributed by atoms with Gasteiger partial charge in [-0.2, -0.15) is 8.78 Å². The number of sulfone groups is 1. The summed E-state index contributed by atoms with van der Waals surface area (Å²) >= 11 is 0. The van der Waals surface area contributed by atoms with Gasteiger partial charge in [-0.1, -0.05) is 12.1 Å². The summed E-state index contributed by atoms with van der Waals surface area (Å²) in [6.45, 7) is -1.14. The number of hydrogen-bond acceptors (Lipinski definition) is 4. The zero-order valence-electron chi connectivity index (χ0n) is 12.0. The third-order valence-corrected chi connectivity index (χ3v) is 5.34. The molecule has 0 aromatic heterocycles. The molecule has 1 amide bonds. The highest BCUT2D eigenvalue weighted by Gasteiger charge is 2.33. The van der Waals surface area contributed by atoms with Gasteiger partial charge in [0.25, 0.3) is 0 Å². The third-order valence-electron chi connectivity index (χ3n) is 3.57. The molecule has 0 aliphatic carbocycles. The Hall–Kier alpha value is -1.70. The first-order valence-electron chi connectivity index (χ1n) is 6.82. The van der Waals surface area contributed by atoms with Crippen LogP contribution in [0.2, 0.25) is 0 Å². The molecule has 1 aliphatic heterocycles. The fourth-order valence-corrected chi connectivity index (χ4v) is 4.10. The maximum Gasteiger partial charge on any atom is 0.387 e. The quantitative estimate of drug-likeness (QED) is 0.893. The van der Waals surface area contributed by atoms with E-state index in [0.717, 1.165) is 5.56 Å². The molecule has 0 spiro atoms. The topological polar surface area (TPSA) is 72.5 Å². The Kier molecular flexibility index (Phi) is 5.00. The Bertz CT molecular complexity index is 631. The summed E-state index contributed by atoms with van der Waals surface area (Å²) in [4.78, 5) is 12.0. The van der Waals surface area contributed by atoms with Gasteiger partial charge in [0.2, 0.25) is 5.91 Å². The molecule has 1 aromatic carbocycles. The van der Waals surface area contributed by atoms with E-state index >= 15 is 0 Å². The highest BCUT2D eigenvalue weighted by molar-refractivity contribution is 7.91. The van der Waals surface area contributed by atoms with Crippen LogP contribution in [0.5, 0.6) is 5.75 Å². The largest absolute Gasteiger partial charge is 0.435 e. The van der Waals surface area contributed by atoms with Crippen LogP contribution in [0.25, 0.3) is 0 Å². The average Bonchev–Trinajstić information content (AvgIpc) is 2.79. The molecule has 22 heavy (non-hydrogen) atoms. The van der Waals surface area contributed by atoms with Crippen molar-refractivity contribution < 1.29 is 26.7 Å². The Labute approximate surface area is 127 Å². The molecule has 1 fully saturated rings. The van der Waals surface area contributed by atoms with E-state index in [1.54, 1.807) is 19.1 Å². The van der Waals surface area contributed by atoms with E-state index in [1.165, 1.54) is 12.1 Å². The second kappa shape index (κ2) is 6.60. The van der Waals surface area contributed by atoms with Gasteiger partial charge in [-0.25, -0.2) is 8.42 Å². The van der Waals surface area contributed by atoms with Crippen LogP contribution in [0.3, 0.4) is 0 Å². The fourth-order valence-electron chi connectivity index (χ4n) is 2.35. The first-order chi connectivity index (χ1) is 10.3. The first kappa shape index (κ1) is 16.7. The van der Waals surface area contributed by atoms with Crippen LogP contribution < -0.4 is 10.1 Å². The van der Waals surface area contributed by atoms with E-state index in [4.69, 9.17) is 0 Å². The standard InChI is InChI=1S/C14H17F2NO4S/c1-9(10-2-4-12(5-3-10)21-14(15)16)17-13(18)11-6-7-22(19,20)8-11/h2-5,9,11,14H,6-8H2,1H3,(H,17,18)/t9-,11+/m1/s1. The van der Waals surface area contributed by atoms with E-state index in [0.29, 0.717) is 6.42 Å². The fraction of sp³-hybridized carbons (Fsp3) is 0.500. The monoisotopic (exact) mass is 333 g/mol. The van der Waals surface area contributed by atoms with Gasteiger partial charge in [0.1, 0.15) is 5.75 Å². The molecule has 0 unspecified atom stereocenters. The van der Waals surface area contributed by atoms with Crippen molar-refractivity contribution in [2.24, 2.45) is 5.92 Å². The zero-order chi connectivity index (χ0) is 16.3. The molecule has 1 saturated heterocycles. The minimum Gasteiger partial charge on any atom is -0.435 e. The highest BCUT2D eigenvalue weighted by Crippen LogP contribution is 2.22. The van der Waals surface area contributed by atoms with Gasteiger partial charge in [0.05, 0.1) is 23.5 Å². The molecule has 2 atom stereocenters. The van der Waals surface area contributed by atoms with E-state index < -0.39 is 22.4 Å². The lowest BCUT2D eigenvalue weighted by Gasteiger charge is -2.17. The number of benzene rings is 1. The van der Waals surface area contributed by atoms with Gasteiger partial charge >= 0.3 is 6.61 Å². The van der Waals surface area contributed by atoms with Crippen LogP contribution in [0.15, 0.2) is 24.3 Å². The van der Waals surface area contributed by atoms with Crippen molar-refractivity contribution in [1.82, 2.24) is 5.32 Å². The van der Waals surface area contributed by atoms with E-state index in [-0.39, 0.29) is 29.2 Å². The lowest BCUT2D eigenvalue weighted by molar-refractivity contribution is -0.124. The van der Waals surface area contributed by atoms with Gasteiger partial charge in [0.15, 0.2) is 9.84 Å². The number of hydrogen-bond donors (Lipinski definition) is 1. The van der Waals surface area contributed by atoms with Gasteiger partial charge in [-0.15, -0.1) is 0 Å². The molecular formula is C14H17F2NO4S. The van der Waals surface area contributed by atoms with Crippen molar-refractivity contribution in [1.29, 1.82) is 0 Å². The Morgan fingerprint density at radius 2 is 1.95 bits per heavy atom. The molecule has 1 aliphatic rings. The number of alkyl halides is 2. The summed E-state index contributed by atoms with van der Waals surface area (Å²) in [7, 11) is -3.11. The minimum absolute atomic E-state index is 0.0408. The number of carbonyl (C=O) groups excluding carboxylic acids is 1. The lowest BCUT2D eigenvalue weighted by Crippen LogP contribution is -2.33. The van der Waals surface area contributed by atoms with Crippen molar-refractivity contribution >= 4 is 15.7 Å². The third kappa shape index (κ3) is 4.40. The molecule has 1 N–H and O–H groups in total. The minimum atomic E-state index is -3.11. The Balaban J connectivity index is 1.94. The summed E-state index contributed by atoms with van der Waals surface area (Å²) in [5, 5.41) is 2.74. The van der Waals surface area contributed by atoms with Crippen molar-refractivity contribution in [2.75, 3.05) is 11.5 Å². The Morgan fingerprint density at radius 1 is 1.32 bits per heavy atom. The summed E-state index contributed by atoms with van der Waals surface area (Å²) < 4.78 is 51.1. The normalized spacial score (nSPS) is 21.5. The second-order valence-corrected chi connectivity index (χ2v) is 7.51. The number of halogens is 2. The SMILES string of the molecule is C[C@@H](NC(=O)[C@H]1CCS(=O)(=O)C1)c1ccc(OC(F)F)cc1. The van der Waals surface area contributed by atoms with Crippen LogP contribution in [-0.2, 0) is 14.6 Å². The van der Waals surface area contributed by atoms with Crippen LogP contribution in [-0.4, -0.2) is 32.4 Å². The predicted octanol–water partition coefficient (Wildman–Crippen LogP) is 1.90. The summed E-state index contributed by atoms with van der Waals surface area (Å²) in [6.07, 6.45) is 0.335. The number of carbonyl (C=O) groups is 1. The van der Waals surface area contributed by atoms with Gasteiger partial charge in [-0.3, -0.25) is 4.79 Å². The number of ether oxygens (including phenoxy) is 1. The molecule has 1 heterocycles. The maximum atomic E-state index is 12.1. The van der Waals surface area contributed by atoms with Crippen LogP contribution >= 0.6 is 0 Å². The number of rotatable bonds is 5.